The molecular weight excluding hydrogens is 251 g/mol. The SMILES string of the molecule is CC[C@H](CO)NC(=O)C(=O)Nc1ccc(C)c(F)c1. The third kappa shape index (κ3) is 4.33. The molecule has 0 radical (unpaired) electrons. The number of amides is 2. The van der Waals surface area contributed by atoms with Crippen molar-refractivity contribution in [1.82, 2.24) is 5.32 Å². The van der Waals surface area contributed by atoms with Crippen molar-refractivity contribution in [2.24, 2.45) is 0 Å². The molecule has 1 rings (SSSR count). The number of hydrogen-bond acceptors (Lipinski definition) is 3. The zero-order valence-corrected chi connectivity index (χ0v) is 10.9. The van der Waals surface area contributed by atoms with Gasteiger partial charge in [0.25, 0.3) is 0 Å². The van der Waals surface area contributed by atoms with E-state index in [0.29, 0.717) is 12.0 Å². The number of anilines is 1. The van der Waals surface area contributed by atoms with E-state index < -0.39 is 23.7 Å². The molecule has 1 atom stereocenters. The largest absolute Gasteiger partial charge is 0.394 e. The molecule has 3 N–H and O–H groups in total. The minimum absolute atomic E-state index is 0.209. The number of aryl methyl sites for hydroxylation is 1. The van der Waals surface area contributed by atoms with Crippen molar-refractivity contribution in [2.75, 3.05) is 11.9 Å². The third-order valence-corrected chi connectivity index (χ3v) is 2.68. The third-order valence-electron chi connectivity index (χ3n) is 2.68. The minimum atomic E-state index is -0.893. The van der Waals surface area contributed by atoms with Crippen molar-refractivity contribution in [3.63, 3.8) is 0 Å². The zero-order chi connectivity index (χ0) is 14.4. The van der Waals surface area contributed by atoms with Gasteiger partial charge in [0.2, 0.25) is 0 Å². The van der Waals surface area contributed by atoms with E-state index in [1.54, 1.807) is 13.8 Å². The van der Waals surface area contributed by atoms with E-state index in [4.69, 9.17) is 5.11 Å². The number of benzene rings is 1. The second-order valence-electron chi connectivity index (χ2n) is 4.18. The molecule has 0 aliphatic rings. The number of hydrogen-bond donors (Lipinski definition) is 3. The Morgan fingerprint density at radius 3 is 2.58 bits per heavy atom. The van der Waals surface area contributed by atoms with Crippen LogP contribution in [-0.2, 0) is 9.59 Å². The molecule has 0 fully saturated rings. The van der Waals surface area contributed by atoms with Gasteiger partial charge in [0.15, 0.2) is 0 Å². The molecule has 2 amide bonds. The topological polar surface area (TPSA) is 78.4 Å². The smallest absolute Gasteiger partial charge is 0.313 e. The van der Waals surface area contributed by atoms with Crippen LogP contribution in [0.5, 0.6) is 0 Å². The molecule has 19 heavy (non-hydrogen) atoms. The second-order valence-corrected chi connectivity index (χ2v) is 4.18. The molecule has 0 spiro atoms. The van der Waals surface area contributed by atoms with Crippen molar-refractivity contribution in [1.29, 1.82) is 0 Å². The molecule has 6 heteroatoms. The number of rotatable bonds is 4. The maximum absolute atomic E-state index is 13.3. The minimum Gasteiger partial charge on any atom is -0.394 e. The second kappa shape index (κ2) is 6.84. The fourth-order valence-corrected chi connectivity index (χ4v) is 1.39. The van der Waals surface area contributed by atoms with Crippen LogP contribution in [0.1, 0.15) is 18.9 Å². The Balaban J connectivity index is 2.63. The lowest BCUT2D eigenvalue weighted by Gasteiger charge is -2.13. The summed E-state index contributed by atoms with van der Waals surface area (Å²) in [6, 6.07) is 3.69. The Bertz CT molecular complexity index is 473. The molecule has 0 aliphatic carbocycles. The first-order valence-corrected chi connectivity index (χ1v) is 5.96. The van der Waals surface area contributed by atoms with Gasteiger partial charge in [0, 0.05) is 5.69 Å². The Morgan fingerprint density at radius 1 is 1.37 bits per heavy atom. The first-order chi connectivity index (χ1) is 8.97. The Hall–Kier alpha value is -1.95. The van der Waals surface area contributed by atoms with Gasteiger partial charge in [0.05, 0.1) is 12.6 Å². The van der Waals surface area contributed by atoms with Crippen LogP contribution in [0.3, 0.4) is 0 Å². The average molecular weight is 268 g/mol. The van der Waals surface area contributed by atoms with Gasteiger partial charge in [-0.2, -0.15) is 0 Å². The summed E-state index contributed by atoms with van der Waals surface area (Å²) in [4.78, 5) is 23.0. The van der Waals surface area contributed by atoms with Gasteiger partial charge in [-0.1, -0.05) is 13.0 Å². The van der Waals surface area contributed by atoms with E-state index in [1.807, 2.05) is 0 Å². The molecule has 5 nitrogen and oxygen atoms in total. The van der Waals surface area contributed by atoms with Gasteiger partial charge >= 0.3 is 11.8 Å². The van der Waals surface area contributed by atoms with E-state index in [9.17, 15) is 14.0 Å². The molecule has 0 unspecified atom stereocenters. The normalized spacial score (nSPS) is 11.8. The fourth-order valence-electron chi connectivity index (χ4n) is 1.39. The van der Waals surface area contributed by atoms with Crippen LogP contribution in [0.4, 0.5) is 10.1 Å². The monoisotopic (exact) mass is 268 g/mol. The lowest BCUT2D eigenvalue weighted by atomic mass is 10.2. The summed E-state index contributed by atoms with van der Waals surface area (Å²) >= 11 is 0. The number of carbonyl (C=O) groups is 2. The van der Waals surface area contributed by atoms with Gasteiger partial charge < -0.3 is 15.7 Å². The van der Waals surface area contributed by atoms with Crippen LogP contribution in [0.2, 0.25) is 0 Å². The zero-order valence-electron chi connectivity index (χ0n) is 10.9. The molecule has 0 saturated heterocycles. The predicted molar refractivity (Wildman–Crippen MR) is 69.1 cm³/mol. The van der Waals surface area contributed by atoms with Gasteiger partial charge in [-0.25, -0.2) is 4.39 Å². The molecule has 1 aromatic carbocycles. The van der Waals surface area contributed by atoms with E-state index in [1.165, 1.54) is 12.1 Å². The molecule has 0 heterocycles. The van der Waals surface area contributed by atoms with Crippen LogP contribution >= 0.6 is 0 Å². The average Bonchev–Trinajstić information content (AvgIpc) is 2.39. The van der Waals surface area contributed by atoms with Gasteiger partial charge in [-0.15, -0.1) is 0 Å². The summed E-state index contributed by atoms with van der Waals surface area (Å²) in [5, 5.41) is 13.6. The number of aliphatic hydroxyl groups is 1. The molecule has 0 aliphatic heterocycles. The van der Waals surface area contributed by atoms with E-state index >= 15 is 0 Å². The molecule has 0 saturated carbocycles. The molecular formula is C13H17FN2O3. The summed E-state index contributed by atoms with van der Waals surface area (Å²) in [6.07, 6.45) is 0.509. The highest BCUT2D eigenvalue weighted by atomic mass is 19.1. The van der Waals surface area contributed by atoms with Crippen LogP contribution in [0, 0.1) is 12.7 Å². The highest BCUT2D eigenvalue weighted by molar-refractivity contribution is 6.39. The van der Waals surface area contributed by atoms with Crippen LogP contribution in [0.15, 0.2) is 18.2 Å². The van der Waals surface area contributed by atoms with Crippen molar-refractivity contribution < 1.29 is 19.1 Å². The van der Waals surface area contributed by atoms with Crippen LogP contribution in [0.25, 0.3) is 0 Å². The molecule has 0 aromatic heterocycles. The van der Waals surface area contributed by atoms with Crippen molar-refractivity contribution >= 4 is 17.5 Å². The number of nitrogens with one attached hydrogen (secondary N) is 2. The van der Waals surface area contributed by atoms with Gasteiger partial charge in [0.1, 0.15) is 5.82 Å². The first kappa shape index (κ1) is 15.1. The Morgan fingerprint density at radius 2 is 2.05 bits per heavy atom. The number of aliphatic hydroxyl groups excluding tert-OH is 1. The van der Waals surface area contributed by atoms with Gasteiger partial charge in [-0.3, -0.25) is 9.59 Å². The van der Waals surface area contributed by atoms with Gasteiger partial charge in [-0.05, 0) is 31.0 Å². The maximum Gasteiger partial charge on any atom is 0.313 e. The number of halogens is 1. The van der Waals surface area contributed by atoms with Crippen LogP contribution < -0.4 is 10.6 Å². The highest BCUT2D eigenvalue weighted by Gasteiger charge is 2.17. The lowest BCUT2D eigenvalue weighted by Crippen LogP contribution is -2.43. The Labute approximate surface area is 110 Å². The van der Waals surface area contributed by atoms with E-state index in [-0.39, 0.29) is 12.3 Å². The molecule has 104 valence electrons. The Kier molecular flexibility index (Phi) is 5.44. The van der Waals surface area contributed by atoms with E-state index in [2.05, 4.69) is 10.6 Å². The highest BCUT2D eigenvalue weighted by Crippen LogP contribution is 2.13. The summed E-state index contributed by atoms with van der Waals surface area (Å²) in [5.74, 6) is -2.21. The molecule has 0 bridgehead atoms. The lowest BCUT2D eigenvalue weighted by molar-refractivity contribution is -0.136. The van der Waals surface area contributed by atoms with Crippen molar-refractivity contribution in [3.8, 4) is 0 Å². The summed E-state index contributed by atoms with van der Waals surface area (Å²) < 4.78 is 13.3. The van der Waals surface area contributed by atoms with Crippen molar-refractivity contribution in [2.45, 2.75) is 26.3 Å². The molecule has 1 aromatic rings. The summed E-state index contributed by atoms with van der Waals surface area (Å²) in [6.45, 7) is 3.13. The summed E-state index contributed by atoms with van der Waals surface area (Å²) in [5.41, 5.74) is 0.661. The van der Waals surface area contributed by atoms with Crippen molar-refractivity contribution in [3.05, 3.63) is 29.6 Å². The first-order valence-electron chi connectivity index (χ1n) is 5.96. The van der Waals surface area contributed by atoms with Crippen LogP contribution in [-0.4, -0.2) is 29.6 Å². The standard InChI is InChI=1S/C13H17FN2O3/c1-3-9(7-17)15-12(18)13(19)16-10-5-4-8(2)11(14)6-10/h4-6,9,17H,3,7H2,1-2H3,(H,15,18)(H,16,19)/t9-/m1/s1. The predicted octanol–water partition coefficient (Wildman–Crippen LogP) is 0.960. The summed E-state index contributed by atoms with van der Waals surface area (Å²) in [7, 11) is 0. The fraction of sp³-hybridized carbons (Fsp3) is 0.385. The maximum atomic E-state index is 13.3. The quantitative estimate of drug-likeness (QED) is 0.712. The van der Waals surface area contributed by atoms with E-state index in [0.717, 1.165) is 6.07 Å². The number of carbonyl (C=O) groups excluding carboxylic acids is 2.